The van der Waals surface area contributed by atoms with Crippen molar-refractivity contribution in [3.05, 3.63) is 70.8 Å². The fraction of sp³-hybridized carbons (Fsp3) is 0.350. The average Bonchev–Trinajstić information content (AvgIpc) is 2.65. The summed E-state index contributed by atoms with van der Waals surface area (Å²) in [5.74, 6) is -0.679. The Labute approximate surface area is 162 Å². The van der Waals surface area contributed by atoms with E-state index in [4.69, 9.17) is 21.4 Å². The van der Waals surface area contributed by atoms with Gasteiger partial charge < -0.3 is 14.7 Å². The number of carbonyl (C=O) groups is 1. The fourth-order valence-corrected chi connectivity index (χ4v) is 2.83. The number of nitrogens with zero attached hydrogens (tertiary/aromatic N) is 1. The van der Waals surface area contributed by atoms with Crippen molar-refractivity contribution >= 4 is 17.7 Å². The molecule has 7 heteroatoms. The molecule has 2 aromatic rings. The van der Waals surface area contributed by atoms with Crippen LogP contribution in [0.15, 0.2) is 48.5 Å². The number of hydrogen-bond donors (Lipinski definition) is 1. The molecule has 27 heavy (non-hydrogen) atoms. The molecule has 0 aromatic heterocycles. The van der Waals surface area contributed by atoms with Gasteiger partial charge in [0, 0.05) is 26.0 Å². The summed E-state index contributed by atoms with van der Waals surface area (Å²) < 4.78 is 30.6. The SMILES string of the molecule is CC(c1ccc(Cl)c(F)c1)N1CCC(CCO)OC1=O.Fc1ccccc1. The maximum absolute atomic E-state index is 13.5. The molecule has 0 spiro atoms. The van der Waals surface area contributed by atoms with Crippen LogP contribution in [0.4, 0.5) is 13.6 Å². The van der Waals surface area contributed by atoms with E-state index in [-0.39, 0.29) is 29.6 Å². The third-order valence-corrected chi connectivity index (χ3v) is 4.58. The highest BCUT2D eigenvalue weighted by Crippen LogP contribution is 2.28. The number of aliphatic hydroxyl groups is 1. The predicted molar refractivity (Wildman–Crippen MR) is 99.5 cm³/mol. The van der Waals surface area contributed by atoms with Crippen LogP contribution in [0.5, 0.6) is 0 Å². The molecule has 1 fully saturated rings. The first-order valence-corrected chi connectivity index (χ1v) is 9.03. The number of ether oxygens (including phenoxy) is 1. The molecule has 4 nitrogen and oxygen atoms in total. The molecule has 2 unspecified atom stereocenters. The van der Waals surface area contributed by atoms with E-state index in [9.17, 15) is 13.6 Å². The van der Waals surface area contributed by atoms with Crippen LogP contribution in [0.3, 0.4) is 0 Å². The van der Waals surface area contributed by atoms with Crippen LogP contribution >= 0.6 is 11.6 Å². The minimum absolute atomic E-state index is 0.00407. The Morgan fingerprint density at radius 3 is 2.48 bits per heavy atom. The quantitative estimate of drug-likeness (QED) is 0.793. The molecule has 0 radical (unpaired) electrons. The first-order valence-electron chi connectivity index (χ1n) is 8.66. The van der Waals surface area contributed by atoms with Crippen molar-refractivity contribution < 1.29 is 23.4 Å². The Morgan fingerprint density at radius 1 is 1.26 bits per heavy atom. The molecule has 0 aliphatic carbocycles. The van der Waals surface area contributed by atoms with Gasteiger partial charge in [-0.05, 0) is 36.8 Å². The highest BCUT2D eigenvalue weighted by atomic mass is 35.5. The van der Waals surface area contributed by atoms with Gasteiger partial charge in [0.1, 0.15) is 17.7 Å². The Kier molecular flexibility index (Phi) is 8.00. The number of amides is 1. The van der Waals surface area contributed by atoms with E-state index in [1.165, 1.54) is 24.3 Å². The Morgan fingerprint density at radius 2 is 1.96 bits per heavy atom. The molecule has 1 saturated heterocycles. The zero-order valence-electron chi connectivity index (χ0n) is 14.9. The van der Waals surface area contributed by atoms with Gasteiger partial charge in [0.05, 0.1) is 11.1 Å². The van der Waals surface area contributed by atoms with Crippen LogP contribution in [0.2, 0.25) is 5.02 Å². The van der Waals surface area contributed by atoms with Crippen molar-refractivity contribution in [1.82, 2.24) is 4.90 Å². The normalized spacial score (nSPS) is 17.6. The van der Waals surface area contributed by atoms with E-state index < -0.39 is 11.9 Å². The van der Waals surface area contributed by atoms with Crippen molar-refractivity contribution in [2.75, 3.05) is 13.2 Å². The summed E-state index contributed by atoms with van der Waals surface area (Å²) in [6, 6.07) is 12.2. The van der Waals surface area contributed by atoms with Crippen molar-refractivity contribution in [1.29, 1.82) is 0 Å². The van der Waals surface area contributed by atoms with Crippen molar-refractivity contribution in [3.8, 4) is 0 Å². The summed E-state index contributed by atoms with van der Waals surface area (Å²) in [5, 5.41) is 8.92. The van der Waals surface area contributed by atoms with Crippen molar-refractivity contribution in [2.45, 2.75) is 31.9 Å². The molecule has 1 aliphatic rings. The van der Waals surface area contributed by atoms with E-state index in [0.29, 0.717) is 24.9 Å². The van der Waals surface area contributed by atoms with Gasteiger partial charge in [-0.1, -0.05) is 35.9 Å². The molecular formula is C20H22ClF2NO3. The minimum Gasteiger partial charge on any atom is -0.446 e. The van der Waals surface area contributed by atoms with Crippen LogP contribution in [0.1, 0.15) is 31.4 Å². The number of rotatable bonds is 4. The first kappa shape index (κ1) is 21.1. The zero-order valence-corrected chi connectivity index (χ0v) is 15.7. The largest absolute Gasteiger partial charge is 0.446 e. The summed E-state index contributed by atoms with van der Waals surface area (Å²) in [6.45, 7) is 2.33. The topological polar surface area (TPSA) is 49.8 Å². The van der Waals surface area contributed by atoms with E-state index in [1.54, 1.807) is 29.2 Å². The second kappa shape index (κ2) is 10.2. The Balaban J connectivity index is 0.000000313. The Bertz CT molecular complexity index is 745. The molecule has 146 valence electrons. The van der Waals surface area contributed by atoms with Crippen LogP contribution < -0.4 is 0 Å². The van der Waals surface area contributed by atoms with E-state index in [0.717, 1.165) is 0 Å². The maximum atomic E-state index is 13.5. The lowest BCUT2D eigenvalue weighted by molar-refractivity contribution is 0.00397. The van der Waals surface area contributed by atoms with Gasteiger partial charge in [-0.15, -0.1) is 0 Å². The molecule has 0 bridgehead atoms. The van der Waals surface area contributed by atoms with Crippen LogP contribution in [-0.2, 0) is 4.74 Å². The van der Waals surface area contributed by atoms with E-state index >= 15 is 0 Å². The number of cyclic esters (lactones) is 1. The highest BCUT2D eigenvalue weighted by molar-refractivity contribution is 6.30. The fourth-order valence-electron chi connectivity index (χ4n) is 2.71. The molecule has 3 rings (SSSR count). The van der Waals surface area contributed by atoms with E-state index in [1.807, 2.05) is 6.92 Å². The number of halogens is 3. The second-order valence-corrected chi connectivity index (χ2v) is 6.55. The lowest BCUT2D eigenvalue weighted by Gasteiger charge is -2.35. The van der Waals surface area contributed by atoms with Crippen LogP contribution in [-0.4, -0.2) is 35.4 Å². The smallest absolute Gasteiger partial charge is 0.410 e. The zero-order chi connectivity index (χ0) is 19.8. The standard InChI is InChI=1S/C14H17ClFNO3.C6H5F/c1-9(10-2-3-12(15)13(16)8-10)17-6-4-11(5-7-18)20-14(17)19;7-6-4-2-1-3-5-6/h2-3,8-9,11,18H,4-7H2,1H3;1-5H. The third kappa shape index (κ3) is 6.19. The summed E-state index contributed by atoms with van der Waals surface area (Å²) in [7, 11) is 0. The minimum atomic E-state index is -0.500. The molecule has 2 atom stereocenters. The van der Waals surface area contributed by atoms with Crippen molar-refractivity contribution in [3.63, 3.8) is 0 Å². The molecule has 0 saturated carbocycles. The van der Waals surface area contributed by atoms with Gasteiger partial charge >= 0.3 is 6.09 Å². The molecular weight excluding hydrogens is 376 g/mol. The average molecular weight is 398 g/mol. The van der Waals surface area contributed by atoms with Gasteiger partial charge in [0.25, 0.3) is 0 Å². The molecule has 1 amide bonds. The monoisotopic (exact) mass is 397 g/mol. The van der Waals surface area contributed by atoms with Gasteiger partial charge in [0.15, 0.2) is 0 Å². The highest BCUT2D eigenvalue weighted by Gasteiger charge is 2.30. The van der Waals surface area contributed by atoms with Crippen molar-refractivity contribution in [2.24, 2.45) is 0 Å². The summed E-state index contributed by atoms with van der Waals surface area (Å²) in [5.41, 5.74) is 0.671. The van der Waals surface area contributed by atoms with Gasteiger partial charge in [-0.25, -0.2) is 13.6 Å². The lowest BCUT2D eigenvalue weighted by Crippen LogP contribution is -2.43. The lowest BCUT2D eigenvalue weighted by atomic mass is 10.1. The second-order valence-electron chi connectivity index (χ2n) is 6.15. The summed E-state index contributed by atoms with van der Waals surface area (Å²) >= 11 is 5.65. The third-order valence-electron chi connectivity index (χ3n) is 4.27. The van der Waals surface area contributed by atoms with E-state index in [2.05, 4.69) is 0 Å². The molecule has 1 N–H and O–H groups in total. The molecule has 1 aliphatic heterocycles. The van der Waals surface area contributed by atoms with Crippen LogP contribution in [0, 0.1) is 11.6 Å². The number of hydrogen-bond acceptors (Lipinski definition) is 3. The van der Waals surface area contributed by atoms with Gasteiger partial charge in [-0.3, -0.25) is 0 Å². The van der Waals surface area contributed by atoms with Gasteiger partial charge in [-0.2, -0.15) is 0 Å². The predicted octanol–water partition coefficient (Wildman–Crippen LogP) is 4.96. The Hall–Kier alpha value is -2.18. The van der Waals surface area contributed by atoms with Crippen LogP contribution in [0.25, 0.3) is 0 Å². The summed E-state index contributed by atoms with van der Waals surface area (Å²) in [4.78, 5) is 13.5. The number of benzene rings is 2. The number of carbonyl (C=O) groups excluding carboxylic acids is 1. The molecule has 2 aromatic carbocycles. The van der Waals surface area contributed by atoms with Gasteiger partial charge in [0.2, 0.25) is 0 Å². The molecule has 1 heterocycles. The maximum Gasteiger partial charge on any atom is 0.410 e. The summed E-state index contributed by atoms with van der Waals surface area (Å²) in [6.07, 6.45) is 0.437. The number of aliphatic hydroxyl groups excluding tert-OH is 1. The first-order chi connectivity index (χ1) is 12.9.